The lowest BCUT2D eigenvalue weighted by Gasteiger charge is -2.28. The SMILES string of the molecule is C[C@H](Nc1nc(F)nc2nc[nH]c12)C(C)(C)C. The van der Waals surface area contributed by atoms with Crippen LogP contribution in [0.2, 0.25) is 0 Å². The highest BCUT2D eigenvalue weighted by Crippen LogP contribution is 2.24. The second-order valence-electron chi connectivity index (χ2n) is 5.17. The first-order valence-corrected chi connectivity index (χ1v) is 5.51. The van der Waals surface area contributed by atoms with Gasteiger partial charge >= 0.3 is 6.08 Å². The Bertz CT molecular complexity index is 528. The lowest BCUT2D eigenvalue weighted by Crippen LogP contribution is -2.31. The molecule has 0 unspecified atom stereocenters. The van der Waals surface area contributed by atoms with Crippen LogP contribution in [-0.2, 0) is 0 Å². The molecule has 0 amide bonds. The number of imidazole rings is 1. The minimum Gasteiger partial charge on any atom is -0.365 e. The molecule has 0 fully saturated rings. The zero-order valence-corrected chi connectivity index (χ0v) is 10.4. The standard InChI is InChI=1S/C11H16FN5/c1-6(11(2,3)4)15-9-7-8(14-5-13-7)16-10(12)17-9/h5-6H,1-4H3,(H2,13,14,15,16,17)/t6-/m0/s1. The van der Waals surface area contributed by atoms with Gasteiger partial charge in [-0.2, -0.15) is 14.4 Å². The van der Waals surface area contributed by atoms with Gasteiger partial charge in [0.2, 0.25) is 0 Å². The van der Waals surface area contributed by atoms with Gasteiger partial charge in [-0.1, -0.05) is 20.8 Å². The summed E-state index contributed by atoms with van der Waals surface area (Å²) >= 11 is 0. The summed E-state index contributed by atoms with van der Waals surface area (Å²) in [5.41, 5.74) is 1.01. The number of halogens is 1. The number of aromatic amines is 1. The Balaban J connectivity index is 2.38. The zero-order valence-electron chi connectivity index (χ0n) is 10.4. The van der Waals surface area contributed by atoms with Gasteiger partial charge in [0.05, 0.1) is 6.33 Å². The van der Waals surface area contributed by atoms with E-state index < -0.39 is 6.08 Å². The van der Waals surface area contributed by atoms with Gasteiger partial charge in [-0.05, 0) is 12.3 Å². The van der Waals surface area contributed by atoms with Gasteiger partial charge in [0.1, 0.15) is 5.52 Å². The highest BCUT2D eigenvalue weighted by molar-refractivity contribution is 5.82. The van der Waals surface area contributed by atoms with Gasteiger partial charge in [-0.25, -0.2) is 4.98 Å². The Morgan fingerprint density at radius 3 is 2.71 bits per heavy atom. The summed E-state index contributed by atoms with van der Waals surface area (Å²) in [6.45, 7) is 8.34. The largest absolute Gasteiger partial charge is 0.365 e. The molecule has 2 aromatic rings. The van der Waals surface area contributed by atoms with Crippen LogP contribution in [0.4, 0.5) is 10.2 Å². The fourth-order valence-electron chi connectivity index (χ4n) is 1.33. The van der Waals surface area contributed by atoms with Crippen LogP contribution in [0, 0.1) is 11.5 Å². The van der Waals surface area contributed by atoms with E-state index in [0.29, 0.717) is 17.0 Å². The van der Waals surface area contributed by atoms with Crippen LogP contribution in [0.15, 0.2) is 6.33 Å². The summed E-state index contributed by atoms with van der Waals surface area (Å²) in [7, 11) is 0. The predicted octanol–water partition coefficient (Wildman–Crippen LogP) is 2.34. The molecule has 92 valence electrons. The smallest absolute Gasteiger partial charge is 0.312 e. The van der Waals surface area contributed by atoms with Crippen LogP contribution in [0.1, 0.15) is 27.7 Å². The summed E-state index contributed by atoms with van der Waals surface area (Å²) in [6, 6.07) is 0.142. The van der Waals surface area contributed by atoms with Crippen molar-refractivity contribution < 1.29 is 4.39 Å². The lowest BCUT2D eigenvalue weighted by atomic mass is 9.88. The van der Waals surface area contributed by atoms with Crippen molar-refractivity contribution in [1.82, 2.24) is 19.9 Å². The number of fused-ring (bicyclic) bond motifs is 1. The first-order chi connectivity index (χ1) is 7.88. The van der Waals surface area contributed by atoms with Crippen LogP contribution < -0.4 is 5.32 Å². The molecule has 2 aromatic heterocycles. The number of hydrogen-bond donors (Lipinski definition) is 2. The fourth-order valence-corrected chi connectivity index (χ4v) is 1.33. The number of rotatable bonds is 2. The molecule has 6 heteroatoms. The first-order valence-electron chi connectivity index (χ1n) is 5.51. The van der Waals surface area contributed by atoms with E-state index in [-0.39, 0.29) is 11.5 Å². The number of H-pyrrole nitrogens is 1. The Morgan fingerprint density at radius 2 is 2.06 bits per heavy atom. The Morgan fingerprint density at radius 1 is 1.35 bits per heavy atom. The van der Waals surface area contributed by atoms with E-state index in [4.69, 9.17) is 0 Å². The summed E-state index contributed by atoms with van der Waals surface area (Å²) in [4.78, 5) is 14.2. The third-order valence-electron chi connectivity index (χ3n) is 2.91. The van der Waals surface area contributed by atoms with Crippen molar-refractivity contribution in [2.45, 2.75) is 33.7 Å². The Hall–Kier alpha value is -1.72. The van der Waals surface area contributed by atoms with E-state index in [2.05, 4.69) is 46.0 Å². The van der Waals surface area contributed by atoms with Gasteiger partial charge in [0, 0.05) is 6.04 Å². The molecule has 5 nitrogen and oxygen atoms in total. The maximum Gasteiger partial charge on any atom is 0.312 e. The maximum absolute atomic E-state index is 13.2. The van der Waals surface area contributed by atoms with E-state index in [0.717, 1.165) is 0 Å². The van der Waals surface area contributed by atoms with Crippen molar-refractivity contribution in [1.29, 1.82) is 0 Å². The van der Waals surface area contributed by atoms with E-state index in [9.17, 15) is 4.39 Å². The van der Waals surface area contributed by atoms with Crippen LogP contribution in [0.3, 0.4) is 0 Å². The third kappa shape index (κ3) is 2.35. The van der Waals surface area contributed by atoms with Crippen molar-refractivity contribution in [2.24, 2.45) is 5.41 Å². The van der Waals surface area contributed by atoms with Crippen LogP contribution in [0.5, 0.6) is 0 Å². The number of aromatic nitrogens is 4. The quantitative estimate of drug-likeness (QED) is 0.787. The Kier molecular flexibility index (Phi) is 2.73. The fraction of sp³-hybridized carbons (Fsp3) is 0.545. The van der Waals surface area contributed by atoms with Crippen molar-refractivity contribution in [3.8, 4) is 0 Å². The van der Waals surface area contributed by atoms with Crippen LogP contribution in [0.25, 0.3) is 11.2 Å². The molecule has 2 rings (SSSR count). The number of nitrogens with one attached hydrogen (secondary N) is 2. The number of nitrogens with zero attached hydrogens (tertiary/aromatic N) is 3. The molecule has 0 aliphatic heterocycles. The first kappa shape index (κ1) is 11.8. The third-order valence-corrected chi connectivity index (χ3v) is 2.91. The number of hydrogen-bond acceptors (Lipinski definition) is 4. The van der Waals surface area contributed by atoms with Gasteiger partial charge in [-0.15, -0.1) is 0 Å². The summed E-state index contributed by atoms with van der Waals surface area (Å²) in [5.74, 6) is 0.451. The van der Waals surface area contributed by atoms with Crippen molar-refractivity contribution in [2.75, 3.05) is 5.32 Å². The molecule has 2 heterocycles. The molecule has 0 bridgehead atoms. The van der Waals surface area contributed by atoms with E-state index >= 15 is 0 Å². The van der Waals surface area contributed by atoms with E-state index in [1.54, 1.807) is 0 Å². The monoisotopic (exact) mass is 237 g/mol. The zero-order chi connectivity index (χ0) is 12.6. The van der Waals surface area contributed by atoms with Gasteiger partial charge in [0.15, 0.2) is 11.5 Å². The molecule has 1 atom stereocenters. The highest BCUT2D eigenvalue weighted by Gasteiger charge is 2.21. The second-order valence-corrected chi connectivity index (χ2v) is 5.17. The normalized spacial score (nSPS) is 13.9. The molecular formula is C11H16FN5. The molecule has 0 aromatic carbocycles. The van der Waals surface area contributed by atoms with Crippen LogP contribution >= 0.6 is 0 Å². The minimum absolute atomic E-state index is 0.0494. The highest BCUT2D eigenvalue weighted by atomic mass is 19.1. The topological polar surface area (TPSA) is 66.5 Å². The second kappa shape index (κ2) is 3.94. The van der Waals surface area contributed by atoms with Gasteiger partial charge < -0.3 is 10.3 Å². The lowest BCUT2D eigenvalue weighted by molar-refractivity contribution is 0.358. The van der Waals surface area contributed by atoms with Gasteiger partial charge in [-0.3, -0.25) is 0 Å². The molecule has 0 spiro atoms. The molecular weight excluding hydrogens is 221 g/mol. The maximum atomic E-state index is 13.2. The van der Waals surface area contributed by atoms with E-state index in [1.165, 1.54) is 6.33 Å². The molecule has 0 saturated carbocycles. The molecule has 0 saturated heterocycles. The average Bonchev–Trinajstić information content (AvgIpc) is 2.63. The summed E-state index contributed by atoms with van der Waals surface area (Å²) < 4.78 is 13.2. The van der Waals surface area contributed by atoms with Crippen molar-refractivity contribution >= 4 is 17.0 Å². The molecule has 2 N–H and O–H groups in total. The number of anilines is 1. The Labute approximate surface area is 98.9 Å². The molecule has 17 heavy (non-hydrogen) atoms. The van der Waals surface area contributed by atoms with Gasteiger partial charge in [0.25, 0.3) is 0 Å². The molecule has 0 radical (unpaired) electrons. The predicted molar refractivity (Wildman–Crippen MR) is 64.2 cm³/mol. The van der Waals surface area contributed by atoms with Crippen molar-refractivity contribution in [3.63, 3.8) is 0 Å². The minimum atomic E-state index is -0.770. The van der Waals surface area contributed by atoms with Crippen molar-refractivity contribution in [3.05, 3.63) is 12.4 Å². The van der Waals surface area contributed by atoms with Crippen LogP contribution in [-0.4, -0.2) is 26.0 Å². The average molecular weight is 237 g/mol. The molecule has 0 aliphatic carbocycles. The van der Waals surface area contributed by atoms with E-state index in [1.807, 2.05) is 6.92 Å². The molecule has 0 aliphatic rings. The summed E-state index contributed by atoms with van der Waals surface area (Å²) in [6.07, 6.45) is 0.708. The summed E-state index contributed by atoms with van der Waals surface area (Å²) in [5, 5.41) is 3.19.